The fourth-order valence-electron chi connectivity index (χ4n) is 2.84. The van der Waals surface area contributed by atoms with Crippen LogP contribution in [0.15, 0.2) is 76.5 Å². The Labute approximate surface area is 161 Å². The smallest absolute Gasteiger partial charge is 0.190 e. The van der Waals surface area contributed by atoms with Crippen molar-refractivity contribution in [3.05, 3.63) is 87.6 Å². The van der Waals surface area contributed by atoms with Gasteiger partial charge in [-0.3, -0.25) is 4.98 Å². The monoisotopic (exact) mass is 377 g/mol. The van der Waals surface area contributed by atoms with Crippen LogP contribution in [0.25, 0.3) is 10.6 Å². The standard InChI is InChI=1S/C21H19N3S2/c1-16-6-4-8-18(14-16)23-21-24(12-10-17-7-2-3-11-22-17)19(15-26-21)20-9-5-13-25-20/h2-9,11,13-15H,10,12H2,1H3. The molecule has 5 heteroatoms. The Bertz CT molecular complexity index is 1040. The van der Waals surface area contributed by atoms with E-state index in [9.17, 15) is 0 Å². The zero-order valence-corrected chi connectivity index (χ0v) is 16.1. The topological polar surface area (TPSA) is 30.2 Å². The van der Waals surface area contributed by atoms with E-state index in [1.807, 2.05) is 18.3 Å². The van der Waals surface area contributed by atoms with Crippen molar-refractivity contribution in [3.63, 3.8) is 0 Å². The highest BCUT2D eigenvalue weighted by atomic mass is 32.1. The number of thiophene rings is 1. The van der Waals surface area contributed by atoms with Crippen molar-refractivity contribution >= 4 is 28.4 Å². The molecule has 0 saturated heterocycles. The third-order valence-corrected chi connectivity index (χ3v) is 5.87. The van der Waals surface area contributed by atoms with Crippen LogP contribution in [0.2, 0.25) is 0 Å². The number of benzene rings is 1. The number of thiazole rings is 1. The molecule has 3 heterocycles. The first-order valence-corrected chi connectivity index (χ1v) is 10.3. The molecule has 1 aromatic carbocycles. The largest absolute Gasteiger partial charge is 0.315 e. The van der Waals surface area contributed by atoms with Crippen molar-refractivity contribution in [3.8, 4) is 10.6 Å². The van der Waals surface area contributed by atoms with E-state index in [-0.39, 0.29) is 0 Å². The maximum atomic E-state index is 4.91. The molecule has 0 N–H and O–H groups in total. The van der Waals surface area contributed by atoms with Crippen LogP contribution in [-0.4, -0.2) is 9.55 Å². The maximum Gasteiger partial charge on any atom is 0.190 e. The second kappa shape index (κ2) is 7.81. The molecule has 0 atom stereocenters. The molecule has 0 bridgehead atoms. The summed E-state index contributed by atoms with van der Waals surface area (Å²) in [6, 6.07) is 18.7. The molecule has 0 unspecified atom stereocenters. The summed E-state index contributed by atoms with van der Waals surface area (Å²) in [4.78, 5) is 11.7. The zero-order chi connectivity index (χ0) is 17.8. The van der Waals surface area contributed by atoms with Crippen molar-refractivity contribution in [2.45, 2.75) is 19.9 Å². The molecule has 130 valence electrons. The predicted molar refractivity (Wildman–Crippen MR) is 110 cm³/mol. The molecule has 0 fully saturated rings. The third kappa shape index (κ3) is 3.84. The Morgan fingerprint density at radius 2 is 2.00 bits per heavy atom. The van der Waals surface area contributed by atoms with E-state index in [4.69, 9.17) is 4.99 Å². The number of rotatable bonds is 5. The lowest BCUT2D eigenvalue weighted by Gasteiger charge is -2.08. The van der Waals surface area contributed by atoms with Gasteiger partial charge in [-0.15, -0.1) is 22.7 Å². The van der Waals surface area contributed by atoms with Gasteiger partial charge in [-0.2, -0.15) is 0 Å². The lowest BCUT2D eigenvalue weighted by Crippen LogP contribution is -2.17. The van der Waals surface area contributed by atoms with E-state index < -0.39 is 0 Å². The van der Waals surface area contributed by atoms with Gasteiger partial charge in [-0.05, 0) is 48.2 Å². The molecular weight excluding hydrogens is 358 g/mol. The Kier molecular flexibility index (Phi) is 5.09. The number of nitrogens with zero attached hydrogens (tertiary/aromatic N) is 3. The summed E-state index contributed by atoms with van der Waals surface area (Å²) in [5.74, 6) is 0. The predicted octanol–water partition coefficient (Wildman–Crippen LogP) is 5.46. The summed E-state index contributed by atoms with van der Waals surface area (Å²) in [6.45, 7) is 2.96. The van der Waals surface area contributed by atoms with Gasteiger partial charge in [0.05, 0.1) is 16.3 Å². The molecule has 4 aromatic rings. The summed E-state index contributed by atoms with van der Waals surface area (Å²) in [5.41, 5.74) is 4.55. The highest BCUT2D eigenvalue weighted by Gasteiger charge is 2.09. The Hall–Kier alpha value is -2.50. The van der Waals surface area contributed by atoms with Crippen LogP contribution in [0.3, 0.4) is 0 Å². The number of hydrogen-bond donors (Lipinski definition) is 0. The van der Waals surface area contributed by atoms with Gasteiger partial charge in [0.25, 0.3) is 0 Å². The normalized spacial score (nSPS) is 11.8. The van der Waals surface area contributed by atoms with Crippen LogP contribution in [0.1, 0.15) is 11.3 Å². The van der Waals surface area contributed by atoms with E-state index in [1.54, 1.807) is 22.7 Å². The van der Waals surface area contributed by atoms with Crippen LogP contribution < -0.4 is 4.80 Å². The van der Waals surface area contributed by atoms with Gasteiger partial charge in [0.15, 0.2) is 4.80 Å². The second-order valence-electron chi connectivity index (χ2n) is 6.05. The molecule has 0 radical (unpaired) electrons. The number of hydrogen-bond acceptors (Lipinski definition) is 4. The minimum atomic E-state index is 0.860. The van der Waals surface area contributed by atoms with Gasteiger partial charge in [0.2, 0.25) is 0 Å². The van der Waals surface area contributed by atoms with Crippen molar-refractivity contribution in [1.82, 2.24) is 9.55 Å². The lowest BCUT2D eigenvalue weighted by molar-refractivity contribution is 0.675. The fourth-order valence-corrected chi connectivity index (χ4v) is 4.61. The van der Waals surface area contributed by atoms with Gasteiger partial charge >= 0.3 is 0 Å². The minimum Gasteiger partial charge on any atom is -0.315 e. The van der Waals surface area contributed by atoms with Crippen molar-refractivity contribution in [2.75, 3.05) is 0 Å². The molecule has 26 heavy (non-hydrogen) atoms. The van der Waals surface area contributed by atoms with Gasteiger partial charge in [0, 0.05) is 30.2 Å². The Morgan fingerprint density at radius 3 is 2.77 bits per heavy atom. The average Bonchev–Trinajstić information content (AvgIpc) is 3.31. The summed E-state index contributed by atoms with van der Waals surface area (Å²) in [7, 11) is 0. The molecule has 0 aliphatic rings. The van der Waals surface area contributed by atoms with Gasteiger partial charge in [-0.1, -0.05) is 24.3 Å². The molecule has 3 aromatic heterocycles. The van der Waals surface area contributed by atoms with Gasteiger partial charge < -0.3 is 4.57 Å². The molecule has 0 amide bonds. The van der Waals surface area contributed by atoms with Gasteiger partial charge in [0.1, 0.15) is 0 Å². The Morgan fingerprint density at radius 1 is 1.04 bits per heavy atom. The zero-order valence-electron chi connectivity index (χ0n) is 14.5. The molecule has 0 saturated carbocycles. The van der Waals surface area contributed by atoms with Crippen LogP contribution in [0.5, 0.6) is 0 Å². The van der Waals surface area contributed by atoms with Crippen molar-refractivity contribution in [1.29, 1.82) is 0 Å². The summed E-state index contributed by atoms with van der Waals surface area (Å²) >= 11 is 3.46. The summed E-state index contributed by atoms with van der Waals surface area (Å²) in [5, 5.41) is 4.33. The number of pyridine rings is 1. The van der Waals surface area contributed by atoms with E-state index in [0.717, 1.165) is 29.1 Å². The maximum absolute atomic E-state index is 4.91. The first-order valence-electron chi connectivity index (χ1n) is 8.53. The second-order valence-corrected chi connectivity index (χ2v) is 7.84. The molecule has 4 rings (SSSR count). The van der Waals surface area contributed by atoms with Crippen LogP contribution in [0, 0.1) is 6.92 Å². The third-order valence-electron chi connectivity index (χ3n) is 4.12. The molecule has 0 aliphatic heterocycles. The molecule has 3 nitrogen and oxygen atoms in total. The molecule has 0 aliphatic carbocycles. The van der Waals surface area contributed by atoms with E-state index >= 15 is 0 Å². The van der Waals surface area contributed by atoms with Crippen molar-refractivity contribution < 1.29 is 0 Å². The summed E-state index contributed by atoms with van der Waals surface area (Å²) in [6.07, 6.45) is 2.74. The van der Waals surface area contributed by atoms with E-state index in [0.29, 0.717) is 0 Å². The Balaban J connectivity index is 1.74. The van der Waals surface area contributed by atoms with Crippen LogP contribution in [0.4, 0.5) is 5.69 Å². The lowest BCUT2D eigenvalue weighted by atomic mass is 10.2. The highest BCUT2D eigenvalue weighted by molar-refractivity contribution is 7.14. The SMILES string of the molecule is Cc1cccc(N=c2scc(-c3cccs3)n2CCc2ccccn2)c1. The highest BCUT2D eigenvalue weighted by Crippen LogP contribution is 2.25. The first-order chi connectivity index (χ1) is 12.8. The summed E-state index contributed by atoms with van der Waals surface area (Å²) < 4.78 is 2.31. The fraction of sp³-hybridized carbons (Fsp3) is 0.143. The first kappa shape index (κ1) is 16.9. The quantitative estimate of drug-likeness (QED) is 0.454. The van der Waals surface area contributed by atoms with Crippen molar-refractivity contribution in [2.24, 2.45) is 4.99 Å². The van der Waals surface area contributed by atoms with E-state index in [2.05, 4.69) is 69.7 Å². The van der Waals surface area contributed by atoms with Crippen LogP contribution >= 0.6 is 22.7 Å². The number of aromatic nitrogens is 2. The number of aryl methyl sites for hydroxylation is 2. The van der Waals surface area contributed by atoms with E-state index in [1.165, 1.54) is 16.1 Å². The minimum absolute atomic E-state index is 0.860. The molecular formula is C21H19N3S2. The van der Waals surface area contributed by atoms with Crippen LogP contribution in [-0.2, 0) is 13.0 Å². The average molecular weight is 378 g/mol. The van der Waals surface area contributed by atoms with Gasteiger partial charge in [-0.25, -0.2) is 4.99 Å². The molecule has 0 spiro atoms.